The van der Waals surface area contributed by atoms with Gasteiger partial charge in [0.05, 0.1) is 5.69 Å². The first-order valence-corrected chi connectivity index (χ1v) is 10.9. The fraction of sp³-hybridized carbons (Fsp3) is 0.421. The second-order valence-electron chi connectivity index (χ2n) is 7.45. The third-order valence-corrected chi connectivity index (χ3v) is 6.42. The van der Waals surface area contributed by atoms with E-state index in [1.54, 1.807) is 0 Å². The molecule has 1 atom stereocenters. The predicted molar refractivity (Wildman–Crippen MR) is 106 cm³/mol. The highest BCUT2D eigenvalue weighted by atomic mass is 32.2. The minimum atomic E-state index is -3.66. The maximum Gasteiger partial charge on any atom is 0.229 e. The summed E-state index contributed by atoms with van der Waals surface area (Å²) in [7, 11) is -3.66. The van der Waals surface area contributed by atoms with Crippen molar-refractivity contribution in [1.82, 2.24) is 15.2 Å². The molecule has 0 aliphatic heterocycles. The monoisotopic (exact) mass is 418 g/mol. The van der Waals surface area contributed by atoms with Gasteiger partial charge in [-0.25, -0.2) is 13.4 Å². The van der Waals surface area contributed by atoms with Crippen molar-refractivity contribution in [3.8, 4) is 0 Å². The molecule has 2 aromatic rings. The largest absolute Gasteiger partial charge is 0.337 e. The molecule has 2 fully saturated rings. The molecule has 0 aromatic carbocycles. The zero-order chi connectivity index (χ0) is 23.3. The molecular formula is C19H21N5O4S. The predicted octanol–water partition coefficient (Wildman–Crippen LogP) is 2.35. The number of carbonyl (C=O) groups is 2. The normalized spacial score (nSPS) is 20.9. The second-order valence-corrected chi connectivity index (χ2v) is 9.43. The minimum Gasteiger partial charge on any atom is -0.337 e. The number of ketones is 1. The van der Waals surface area contributed by atoms with Gasteiger partial charge in [-0.05, 0) is 36.8 Å². The van der Waals surface area contributed by atoms with E-state index in [0.29, 0.717) is 0 Å². The number of nitrogens with one attached hydrogen (secondary N) is 2. The molecule has 10 heteroatoms. The zero-order valence-electron chi connectivity index (χ0n) is 18.6. The molecule has 1 amide bonds. The summed E-state index contributed by atoms with van der Waals surface area (Å²) in [5, 5.41) is 13.1. The number of hydrogen-bond donors (Lipinski definition) is 2. The number of aromatic nitrogens is 3. The third kappa shape index (κ3) is 3.84. The highest BCUT2D eigenvalue weighted by Gasteiger charge is 2.65. The van der Waals surface area contributed by atoms with Gasteiger partial charge in [-0.1, -0.05) is 6.85 Å². The van der Waals surface area contributed by atoms with E-state index in [9.17, 15) is 18.0 Å². The van der Waals surface area contributed by atoms with Crippen molar-refractivity contribution in [2.24, 2.45) is 11.3 Å². The Balaban J connectivity index is 1.67. The highest BCUT2D eigenvalue weighted by Crippen LogP contribution is 2.70. The summed E-state index contributed by atoms with van der Waals surface area (Å²) in [6.45, 7) is -2.53. The van der Waals surface area contributed by atoms with Crippen LogP contribution in [0.3, 0.4) is 0 Å². The molecule has 2 heterocycles. The average Bonchev–Trinajstić information content (AvgIpc) is 3.59. The van der Waals surface area contributed by atoms with Gasteiger partial charge in [-0.2, -0.15) is 0 Å². The van der Waals surface area contributed by atoms with Gasteiger partial charge in [-0.15, -0.1) is 10.2 Å². The first-order valence-electron chi connectivity index (χ1n) is 10.5. The lowest BCUT2D eigenvalue weighted by Gasteiger charge is -2.13. The van der Waals surface area contributed by atoms with Crippen molar-refractivity contribution in [1.29, 1.82) is 0 Å². The molecule has 152 valence electrons. The van der Waals surface area contributed by atoms with Gasteiger partial charge in [0, 0.05) is 35.0 Å². The van der Waals surface area contributed by atoms with Crippen molar-refractivity contribution in [2.75, 3.05) is 16.9 Å². The zero-order valence-corrected chi connectivity index (χ0v) is 16.4. The van der Waals surface area contributed by atoms with Crippen LogP contribution in [-0.2, 0) is 14.6 Å². The van der Waals surface area contributed by atoms with Gasteiger partial charge in [0.1, 0.15) is 10.7 Å². The van der Waals surface area contributed by atoms with Crippen LogP contribution in [-0.4, -0.2) is 41.5 Å². The number of hydrogen-bond acceptors (Lipinski definition) is 8. The van der Waals surface area contributed by atoms with Crippen LogP contribution in [0, 0.1) is 11.3 Å². The van der Waals surface area contributed by atoms with Crippen LogP contribution < -0.4 is 10.6 Å². The lowest BCUT2D eigenvalue weighted by molar-refractivity contribution is -0.117. The van der Waals surface area contributed by atoms with Crippen LogP contribution >= 0.6 is 0 Å². The van der Waals surface area contributed by atoms with Gasteiger partial charge in [0.2, 0.25) is 5.91 Å². The summed E-state index contributed by atoms with van der Waals surface area (Å²) in [5.41, 5.74) is -0.175. The molecule has 0 unspecified atom stereocenters. The number of sulfone groups is 1. The van der Waals surface area contributed by atoms with Crippen molar-refractivity contribution < 1.29 is 22.1 Å². The Morgan fingerprint density at radius 1 is 1.34 bits per heavy atom. The van der Waals surface area contributed by atoms with Crippen molar-refractivity contribution in [3.05, 3.63) is 30.1 Å². The van der Waals surface area contributed by atoms with E-state index in [1.165, 1.54) is 24.4 Å². The Labute approximate surface area is 172 Å². The SMILES string of the molecule is [2H]C([2H])([2H])CC(=O)c1nnc(NC(=O)[C@H]2CC23CC3)cc1Nc1ncccc1S(C)(=O)=O. The molecule has 2 N–H and O–H groups in total. The molecule has 0 bridgehead atoms. The Hall–Kier alpha value is -2.88. The van der Waals surface area contributed by atoms with E-state index in [1.807, 2.05) is 0 Å². The lowest BCUT2D eigenvalue weighted by Crippen LogP contribution is -2.18. The van der Waals surface area contributed by atoms with E-state index in [4.69, 9.17) is 4.11 Å². The number of rotatable bonds is 7. The summed E-state index contributed by atoms with van der Waals surface area (Å²) >= 11 is 0. The Bertz CT molecular complexity index is 1210. The van der Waals surface area contributed by atoms with Crippen LogP contribution in [0.2, 0.25) is 0 Å². The fourth-order valence-corrected chi connectivity index (χ4v) is 4.17. The smallest absolute Gasteiger partial charge is 0.229 e. The van der Waals surface area contributed by atoms with Gasteiger partial charge in [-0.3, -0.25) is 9.59 Å². The van der Waals surface area contributed by atoms with Crippen LogP contribution in [0.5, 0.6) is 0 Å². The minimum absolute atomic E-state index is 0.00918. The first kappa shape index (κ1) is 16.0. The summed E-state index contributed by atoms with van der Waals surface area (Å²) in [5.74, 6) is -1.09. The Morgan fingerprint density at radius 2 is 2.14 bits per heavy atom. The molecular weight excluding hydrogens is 394 g/mol. The van der Waals surface area contributed by atoms with Gasteiger partial charge in [0.15, 0.2) is 27.1 Å². The maximum absolute atomic E-state index is 12.6. The van der Waals surface area contributed by atoms with Gasteiger partial charge < -0.3 is 10.6 Å². The van der Waals surface area contributed by atoms with E-state index in [2.05, 4.69) is 25.8 Å². The molecule has 2 aliphatic rings. The van der Waals surface area contributed by atoms with Crippen molar-refractivity contribution in [3.63, 3.8) is 0 Å². The molecule has 2 aromatic heterocycles. The van der Waals surface area contributed by atoms with E-state index in [-0.39, 0.29) is 45.2 Å². The first-order chi connectivity index (χ1) is 14.9. The van der Waals surface area contributed by atoms with Crippen LogP contribution in [0.4, 0.5) is 17.3 Å². The summed E-state index contributed by atoms with van der Waals surface area (Å²) in [6, 6.07) is 4.11. The van der Waals surface area contributed by atoms with Gasteiger partial charge >= 0.3 is 0 Å². The number of anilines is 3. The number of pyridine rings is 1. The third-order valence-electron chi connectivity index (χ3n) is 5.29. The maximum atomic E-state index is 12.6. The topological polar surface area (TPSA) is 131 Å². The summed E-state index contributed by atoms with van der Waals surface area (Å²) in [4.78, 5) is 28.9. The molecule has 9 nitrogen and oxygen atoms in total. The number of Topliss-reactive ketones (excluding diaryl/α,β-unsaturated/α-hetero) is 1. The van der Waals surface area contributed by atoms with E-state index in [0.717, 1.165) is 25.5 Å². The number of amides is 1. The van der Waals surface area contributed by atoms with Crippen LogP contribution in [0.1, 0.15) is 47.1 Å². The molecule has 1 spiro atoms. The number of carbonyl (C=O) groups excluding carboxylic acids is 2. The Morgan fingerprint density at radius 3 is 2.79 bits per heavy atom. The molecule has 2 aliphatic carbocycles. The molecule has 0 radical (unpaired) electrons. The van der Waals surface area contributed by atoms with Crippen molar-refractivity contribution >= 4 is 38.9 Å². The summed E-state index contributed by atoms with van der Waals surface area (Å²) < 4.78 is 46.2. The van der Waals surface area contributed by atoms with Crippen molar-refractivity contribution in [2.45, 2.75) is 37.4 Å². The molecule has 29 heavy (non-hydrogen) atoms. The second kappa shape index (κ2) is 6.87. The molecule has 4 rings (SSSR count). The quantitative estimate of drug-likeness (QED) is 0.655. The Kier molecular flexibility index (Phi) is 3.78. The highest BCUT2D eigenvalue weighted by molar-refractivity contribution is 7.90. The lowest BCUT2D eigenvalue weighted by atomic mass is 10.2. The molecule has 0 saturated heterocycles. The molecule has 2 saturated carbocycles. The van der Waals surface area contributed by atoms with E-state index >= 15 is 0 Å². The average molecular weight is 418 g/mol. The fourth-order valence-electron chi connectivity index (χ4n) is 3.39. The number of nitrogens with zero attached hydrogens (tertiary/aromatic N) is 3. The van der Waals surface area contributed by atoms with E-state index < -0.39 is 28.9 Å². The van der Waals surface area contributed by atoms with Crippen LogP contribution in [0.15, 0.2) is 29.3 Å². The van der Waals surface area contributed by atoms with Gasteiger partial charge in [0.25, 0.3) is 0 Å². The van der Waals surface area contributed by atoms with Crippen LogP contribution in [0.25, 0.3) is 0 Å². The summed E-state index contributed by atoms with van der Waals surface area (Å²) in [6.07, 6.45) is 4.47. The standard InChI is InChI=1S/C19H21N5O4S/c1-3-13(25)16-12(21-17-14(29(2,27)28)5-4-8-20-17)9-15(23-24-16)22-18(26)11-10-19(11)6-7-19/h4-5,8-9,11H,3,6-7,10H2,1-2H3,(H2,20,21,22,23,26)/t11-/m1/s1/i1D3.